The van der Waals surface area contributed by atoms with Crippen molar-refractivity contribution in [3.05, 3.63) is 29.8 Å². The molecule has 0 aliphatic carbocycles. The third-order valence-corrected chi connectivity index (χ3v) is 4.17. The number of nitrogens with zero attached hydrogens (tertiary/aromatic N) is 2. The van der Waals surface area contributed by atoms with Crippen molar-refractivity contribution in [1.29, 1.82) is 0 Å². The number of hydrogen-bond donors (Lipinski definition) is 2. The topological polar surface area (TPSA) is 89.2 Å². The molecular formula is C19H30N4O3. The fourth-order valence-electron chi connectivity index (χ4n) is 2.95. The van der Waals surface area contributed by atoms with Crippen molar-refractivity contribution in [3.8, 4) is 5.75 Å². The highest BCUT2D eigenvalue weighted by Gasteiger charge is 2.21. The second kappa shape index (κ2) is 10.7. The fourth-order valence-corrected chi connectivity index (χ4v) is 2.95. The number of benzene rings is 1. The molecule has 2 rings (SSSR count). The van der Waals surface area contributed by atoms with Crippen LogP contribution in [0.5, 0.6) is 5.75 Å². The molecule has 1 fully saturated rings. The minimum absolute atomic E-state index is 0.121. The third-order valence-electron chi connectivity index (χ3n) is 4.17. The van der Waals surface area contributed by atoms with E-state index in [0.29, 0.717) is 18.4 Å². The summed E-state index contributed by atoms with van der Waals surface area (Å²) in [6.07, 6.45) is 2.40. The summed E-state index contributed by atoms with van der Waals surface area (Å²) in [7, 11) is 0. The molecular weight excluding hydrogens is 332 g/mol. The normalized spacial score (nSPS) is 15.8. The summed E-state index contributed by atoms with van der Waals surface area (Å²) in [5, 5.41) is 3.37. The van der Waals surface area contributed by atoms with Gasteiger partial charge in [-0.05, 0) is 44.4 Å². The first kappa shape index (κ1) is 20.0. The van der Waals surface area contributed by atoms with Gasteiger partial charge in [0.25, 0.3) is 5.91 Å². The molecule has 1 aromatic carbocycles. The van der Waals surface area contributed by atoms with Crippen LogP contribution in [0.3, 0.4) is 0 Å². The lowest BCUT2D eigenvalue weighted by atomic mass is 10.1. The number of piperidine rings is 1. The van der Waals surface area contributed by atoms with Gasteiger partial charge in [-0.2, -0.15) is 0 Å². The zero-order chi connectivity index (χ0) is 18.8. The van der Waals surface area contributed by atoms with Gasteiger partial charge in [0, 0.05) is 26.2 Å². The fraction of sp³-hybridized carbons (Fsp3) is 0.579. The van der Waals surface area contributed by atoms with Crippen LogP contribution >= 0.6 is 0 Å². The summed E-state index contributed by atoms with van der Waals surface area (Å²) < 4.78 is 11.1. The van der Waals surface area contributed by atoms with Gasteiger partial charge in [0.1, 0.15) is 5.75 Å². The smallest absolute Gasteiger partial charge is 0.255 e. The average molecular weight is 362 g/mol. The van der Waals surface area contributed by atoms with E-state index in [1.54, 1.807) is 6.07 Å². The Morgan fingerprint density at radius 3 is 2.77 bits per heavy atom. The van der Waals surface area contributed by atoms with E-state index in [0.717, 1.165) is 50.6 Å². The number of nitrogens with two attached hydrogens (primary N) is 1. The van der Waals surface area contributed by atoms with Crippen LogP contribution in [0.1, 0.15) is 32.3 Å². The van der Waals surface area contributed by atoms with Crippen LogP contribution in [0.15, 0.2) is 29.3 Å². The number of aliphatic imine (C=N–C) groups is 1. The predicted octanol–water partition coefficient (Wildman–Crippen LogP) is 1.52. The molecule has 0 radical (unpaired) electrons. The quantitative estimate of drug-likeness (QED) is 0.541. The first-order valence-electron chi connectivity index (χ1n) is 9.27. The number of ether oxygens (including phenoxy) is 2. The molecule has 7 nitrogen and oxygen atoms in total. The van der Waals surface area contributed by atoms with Gasteiger partial charge in [-0.15, -0.1) is 0 Å². The summed E-state index contributed by atoms with van der Waals surface area (Å²) in [5.41, 5.74) is 6.13. The monoisotopic (exact) mass is 362 g/mol. The Balaban J connectivity index is 1.96. The Morgan fingerprint density at radius 1 is 1.35 bits per heavy atom. The molecule has 1 aromatic rings. The molecule has 0 aromatic heterocycles. The number of amides is 1. The van der Waals surface area contributed by atoms with Crippen molar-refractivity contribution < 1.29 is 14.3 Å². The highest BCUT2D eigenvalue weighted by molar-refractivity contribution is 5.80. The van der Waals surface area contributed by atoms with Crippen LogP contribution in [0.4, 0.5) is 0 Å². The third kappa shape index (κ3) is 6.55. The van der Waals surface area contributed by atoms with Crippen molar-refractivity contribution >= 4 is 11.9 Å². The highest BCUT2D eigenvalue weighted by Crippen LogP contribution is 2.16. The summed E-state index contributed by atoms with van der Waals surface area (Å²) in [6, 6.07) is 7.57. The largest absolute Gasteiger partial charge is 0.484 e. The molecule has 0 spiro atoms. The minimum Gasteiger partial charge on any atom is -0.484 e. The maximum atomic E-state index is 10.8. The Morgan fingerprint density at radius 2 is 2.12 bits per heavy atom. The Hall–Kier alpha value is -2.28. The molecule has 3 N–H and O–H groups in total. The number of rotatable bonds is 8. The van der Waals surface area contributed by atoms with Crippen LogP contribution in [-0.4, -0.2) is 55.7 Å². The SMILES string of the molecule is CCNC(=NCc1cccc(OCC(N)=O)c1)N1CCC(OCC)CC1. The molecule has 1 aliphatic rings. The van der Waals surface area contributed by atoms with Crippen LogP contribution in [0.2, 0.25) is 0 Å². The van der Waals surface area contributed by atoms with Gasteiger partial charge in [0.05, 0.1) is 12.6 Å². The number of likely N-dealkylation sites (tertiary alicyclic amines) is 1. The number of nitrogens with one attached hydrogen (secondary N) is 1. The zero-order valence-corrected chi connectivity index (χ0v) is 15.7. The Kier molecular flexibility index (Phi) is 8.21. The average Bonchev–Trinajstić information content (AvgIpc) is 2.65. The lowest BCUT2D eigenvalue weighted by molar-refractivity contribution is -0.119. The van der Waals surface area contributed by atoms with E-state index in [1.807, 2.05) is 25.1 Å². The van der Waals surface area contributed by atoms with Crippen LogP contribution in [0, 0.1) is 0 Å². The Labute approximate surface area is 155 Å². The Bertz CT molecular complexity index is 598. The van der Waals surface area contributed by atoms with Gasteiger partial charge < -0.3 is 25.4 Å². The minimum atomic E-state index is -0.488. The van der Waals surface area contributed by atoms with E-state index in [-0.39, 0.29) is 6.61 Å². The van der Waals surface area contributed by atoms with E-state index in [1.165, 1.54) is 0 Å². The lowest BCUT2D eigenvalue weighted by Gasteiger charge is -2.34. The zero-order valence-electron chi connectivity index (χ0n) is 15.7. The standard InChI is InChI=1S/C19H30N4O3/c1-3-21-19(23-10-8-16(9-11-23)25-4-2)22-13-15-6-5-7-17(12-15)26-14-18(20)24/h5-7,12,16H,3-4,8-11,13-14H2,1-2H3,(H2,20,24)(H,21,22). The highest BCUT2D eigenvalue weighted by atomic mass is 16.5. The number of guanidine groups is 1. The van der Waals surface area contributed by atoms with Gasteiger partial charge in [-0.25, -0.2) is 4.99 Å². The number of carbonyl (C=O) groups is 1. The van der Waals surface area contributed by atoms with Crippen LogP contribution in [0.25, 0.3) is 0 Å². The second-order valence-electron chi connectivity index (χ2n) is 6.21. The van der Waals surface area contributed by atoms with Gasteiger partial charge in [-0.1, -0.05) is 12.1 Å². The van der Waals surface area contributed by atoms with Gasteiger partial charge in [0.2, 0.25) is 0 Å². The summed E-state index contributed by atoms with van der Waals surface area (Å²) in [4.78, 5) is 17.9. The van der Waals surface area contributed by atoms with Crippen molar-refractivity contribution in [2.75, 3.05) is 32.8 Å². The van der Waals surface area contributed by atoms with E-state index in [9.17, 15) is 4.79 Å². The molecule has 0 saturated carbocycles. The maximum Gasteiger partial charge on any atom is 0.255 e. The maximum absolute atomic E-state index is 10.8. The number of carbonyl (C=O) groups excluding carboxylic acids is 1. The summed E-state index contributed by atoms with van der Waals surface area (Å²) in [5.74, 6) is 1.06. The molecule has 26 heavy (non-hydrogen) atoms. The van der Waals surface area contributed by atoms with Crippen molar-refractivity contribution in [1.82, 2.24) is 10.2 Å². The molecule has 7 heteroatoms. The first-order valence-corrected chi connectivity index (χ1v) is 9.27. The van der Waals surface area contributed by atoms with Crippen molar-refractivity contribution in [2.24, 2.45) is 10.7 Å². The van der Waals surface area contributed by atoms with E-state index < -0.39 is 5.91 Å². The molecule has 1 amide bonds. The van der Waals surface area contributed by atoms with Gasteiger partial charge in [-0.3, -0.25) is 4.79 Å². The molecule has 0 bridgehead atoms. The van der Waals surface area contributed by atoms with Crippen molar-refractivity contribution in [2.45, 2.75) is 39.3 Å². The summed E-state index contributed by atoms with van der Waals surface area (Å²) >= 11 is 0. The molecule has 0 unspecified atom stereocenters. The molecule has 144 valence electrons. The van der Waals surface area contributed by atoms with Crippen LogP contribution < -0.4 is 15.8 Å². The van der Waals surface area contributed by atoms with Gasteiger partial charge >= 0.3 is 0 Å². The molecule has 0 atom stereocenters. The summed E-state index contributed by atoms with van der Waals surface area (Å²) in [6.45, 7) is 8.01. The number of primary amides is 1. The van der Waals surface area contributed by atoms with E-state index in [4.69, 9.17) is 20.2 Å². The predicted molar refractivity (Wildman–Crippen MR) is 102 cm³/mol. The van der Waals surface area contributed by atoms with E-state index in [2.05, 4.69) is 17.1 Å². The molecule has 1 heterocycles. The number of hydrogen-bond acceptors (Lipinski definition) is 4. The van der Waals surface area contributed by atoms with Crippen molar-refractivity contribution in [3.63, 3.8) is 0 Å². The molecule has 1 saturated heterocycles. The first-order chi connectivity index (χ1) is 12.6. The van der Waals surface area contributed by atoms with Crippen LogP contribution in [-0.2, 0) is 16.1 Å². The second-order valence-corrected chi connectivity index (χ2v) is 6.21. The van der Waals surface area contributed by atoms with E-state index >= 15 is 0 Å². The molecule has 1 aliphatic heterocycles. The van der Waals surface area contributed by atoms with Gasteiger partial charge in [0.15, 0.2) is 12.6 Å². The lowest BCUT2D eigenvalue weighted by Crippen LogP contribution is -2.47.